The van der Waals surface area contributed by atoms with E-state index >= 15 is 0 Å². The zero-order valence-electron chi connectivity index (χ0n) is 12.8. The van der Waals surface area contributed by atoms with Gasteiger partial charge in [0.05, 0.1) is 0 Å². The fourth-order valence-electron chi connectivity index (χ4n) is 3.17. The number of alkyl halides is 2. The Morgan fingerprint density at radius 3 is 2.71 bits per heavy atom. The molecule has 0 aromatic heterocycles. The molecule has 1 fully saturated rings. The van der Waals surface area contributed by atoms with Gasteiger partial charge in [-0.25, -0.2) is 8.78 Å². The van der Waals surface area contributed by atoms with Crippen LogP contribution in [0.5, 0.6) is 0 Å². The first kappa shape index (κ1) is 16.3. The molecule has 1 aromatic carbocycles. The summed E-state index contributed by atoms with van der Waals surface area (Å²) in [6.07, 6.45) is -0.138. The van der Waals surface area contributed by atoms with Crippen LogP contribution in [-0.2, 0) is 0 Å². The number of likely N-dealkylation sites (N-methyl/N-ethyl adjacent to an activating group) is 2. The van der Waals surface area contributed by atoms with Crippen molar-refractivity contribution < 1.29 is 8.78 Å². The van der Waals surface area contributed by atoms with Crippen molar-refractivity contribution >= 4 is 0 Å². The van der Waals surface area contributed by atoms with Gasteiger partial charge >= 0.3 is 0 Å². The molecular formula is C16H25F2N3. The van der Waals surface area contributed by atoms with E-state index in [0.717, 1.165) is 25.1 Å². The summed E-state index contributed by atoms with van der Waals surface area (Å²) in [6, 6.07) is 7.06. The molecule has 2 atom stereocenters. The standard InChI is InChI=1S/C16H25F2N3/c1-20-8-4-7-14(11-20)21(2)15(10-19)12-5-3-6-13(9-12)16(17)18/h3,5-6,9,14-16H,4,7-8,10-11,19H2,1-2H3. The molecule has 2 rings (SSSR count). The van der Waals surface area contributed by atoms with Gasteiger partial charge in [0.25, 0.3) is 6.43 Å². The molecule has 0 amide bonds. The largest absolute Gasteiger partial charge is 0.329 e. The average Bonchev–Trinajstić information content (AvgIpc) is 2.48. The van der Waals surface area contributed by atoms with E-state index in [-0.39, 0.29) is 11.6 Å². The van der Waals surface area contributed by atoms with Crippen molar-refractivity contribution in [3.8, 4) is 0 Å². The van der Waals surface area contributed by atoms with Crippen molar-refractivity contribution in [1.29, 1.82) is 0 Å². The van der Waals surface area contributed by atoms with Gasteiger partial charge in [-0.1, -0.05) is 18.2 Å². The van der Waals surface area contributed by atoms with Crippen LogP contribution in [0, 0.1) is 0 Å². The molecule has 5 heteroatoms. The number of likely N-dealkylation sites (tertiary alicyclic amines) is 1. The van der Waals surface area contributed by atoms with Gasteiger partial charge < -0.3 is 10.6 Å². The van der Waals surface area contributed by atoms with Gasteiger partial charge in [-0.05, 0) is 45.1 Å². The van der Waals surface area contributed by atoms with Crippen LogP contribution >= 0.6 is 0 Å². The van der Waals surface area contributed by atoms with Crippen LogP contribution in [-0.4, -0.2) is 49.6 Å². The third-order valence-corrected chi connectivity index (χ3v) is 4.44. The number of nitrogens with two attached hydrogens (primary N) is 1. The number of hydrogen-bond acceptors (Lipinski definition) is 3. The quantitative estimate of drug-likeness (QED) is 0.907. The molecule has 0 spiro atoms. The highest BCUT2D eigenvalue weighted by molar-refractivity contribution is 5.27. The van der Waals surface area contributed by atoms with Crippen molar-refractivity contribution in [3.05, 3.63) is 35.4 Å². The van der Waals surface area contributed by atoms with E-state index < -0.39 is 6.43 Å². The maximum absolute atomic E-state index is 12.9. The first-order chi connectivity index (χ1) is 10.0. The molecule has 2 unspecified atom stereocenters. The molecule has 1 aliphatic rings. The number of piperidine rings is 1. The topological polar surface area (TPSA) is 32.5 Å². The number of halogens is 2. The number of rotatable bonds is 5. The van der Waals surface area contributed by atoms with Crippen LogP contribution in [0.3, 0.4) is 0 Å². The van der Waals surface area contributed by atoms with Gasteiger partial charge in [-0.15, -0.1) is 0 Å². The first-order valence-corrected chi connectivity index (χ1v) is 7.51. The smallest absolute Gasteiger partial charge is 0.263 e. The van der Waals surface area contributed by atoms with Crippen LogP contribution in [0.4, 0.5) is 8.78 Å². The van der Waals surface area contributed by atoms with Crippen molar-refractivity contribution in [2.45, 2.75) is 31.4 Å². The van der Waals surface area contributed by atoms with Gasteiger partial charge in [-0.2, -0.15) is 0 Å². The lowest BCUT2D eigenvalue weighted by atomic mass is 9.98. The highest BCUT2D eigenvalue weighted by atomic mass is 19.3. The molecule has 21 heavy (non-hydrogen) atoms. The van der Waals surface area contributed by atoms with Gasteiger partial charge in [0, 0.05) is 30.7 Å². The van der Waals surface area contributed by atoms with Gasteiger partial charge in [0.1, 0.15) is 0 Å². The Hall–Kier alpha value is -1.04. The Bertz CT molecular complexity index is 453. The minimum absolute atomic E-state index is 0.0137. The summed E-state index contributed by atoms with van der Waals surface area (Å²) >= 11 is 0. The zero-order valence-corrected chi connectivity index (χ0v) is 12.8. The van der Waals surface area contributed by atoms with E-state index in [1.807, 2.05) is 6.07 Å². The molecule has 1 saturated heterocycles. The van der Waals surface area contributed by atoms with E-state index in [9.17, 15) is 8.78 Å². The van der Waals surface area contributed by atoms with Crippen LogP contribution in [0.2, 0.25) is 0 Å². The molecule has 0 saturated carbocycles. The molecule has 0 aliphatic carbocycles. The predicted octanol–water partition coefficient (Wildman–Crippen LogP) is 2.65. The molecule has 2 N–H and O–H groups in total. The van der Waals surface area contributed by atoms with E-state index in [2.05, 4.69) is 23.9 Å². The Balaban J connectivity index is 2.16. The van der Waals surface area contributed by atoms with Crippen LogP contribution in [0.1, 0.15) is 36.4 Å². The van der Waals surface area contributed by atoms with Crippen LogP contribution in [0.15, 0.2) is 24.3 Å². The number of nitrogens with zero attached hydrogens (tertiary/aromatic N) is 2. The molecule has 3 nitrogen and oxygen atoms in total. The summed E-state index contributed by atoms with van der Waals surface area (Å²) in [5, 5.41) is 0. The van der Waals surface area contributed by atoms with Crippen molar-refractivity contribution in [3.63, 3.8) is 0 Å². The predicted molar refractivity (Wildman–Crippen MR) is 81.5 cm³/mol. The Kier molecular flexibility index (Phi) is 5.67. The monoisotopic (exact) mass is 297 g/mol. The maximum atomic E-state index is 12.9. The minimum Gasteiger partial charge on any atom is -0.329 e. The summed E-state index contributed by atoms with van der Waals surface area (Å²) in [5.74, 6) is 0. The summed E-state index contributed by atoms with van der Waals surface area (Å²) in [6.45, 7) is 2.56. The second kappa shape index (κ2) is 7.29. The van der Waals surface area contributed by atoms with E-state index in [0.29, 0.717) is 12.6 Å². The molecule has 0 bridgehead atoms. The lowest BCUT2D eigenvalue weighted by Gasteiger charge is -2.40. The molecule has 0 radical (unpaired) electrons. The first-order valence-electron chi connectivity index (χ1n) is 7.51. The average molecular weight is 297 g/mol. The van der Waals surface area contributed by atoms with Gasteiger partial charge in [0.15, 0.2) is 0 Å². The fourth-order valence-corrected chi connectivity index (χ4v) is 3.17. The fraction of sp³-hybridized carbons (Fsp3) is 0.625. The van der Waals surface area contributed by atoms with Crippen molar-refractivity contribution in [2.24, 2.45) is 5.73 Å². The highest BCUT2D eigenvalue weighted by Gasteiger charge is 2.27. The summed E-state index contributed by atoms with van der Waals surface area (Å²) < 4.78 is 25.7. The minimum atomic E-state index is -2.44. The Morgan fingerprint density at radius 1 is 1.38 bits per heavy atom. The van der Waals surface area contributed by atoms with Crippen LogP contribution < -0.4 is 5.73 Å². The molecule has 1 heterocycles. The molecule has 1 aliphatic heterocycles. The lowest BCUT2D eigenvalue weighted by molar-refractivity contribution is 0.101. The van der Waals surface area contributed by atoms with Gasteiger partial charge in [0.2, 0.25) is 0 Å². The molecular weight excluding hydrogens is 272 g/mol. The lowest BCUT2D eigenvalue weighted by Crippen LogP contribution is -2.47. The van der Waals surface area contributed by atoms with Gasteiger partial charge in [-0.3, -0.25) is 4.90 Å². The number of benzene rings is 1. The second-order valence-corrected chi connectivity index (χ2v) is 5.95. The van der Waals surface area contributed by atoms with E-state index in [1.165, 1.54) is 12.5 Å². The van der Waals surface area contributed by atoms with Crippen molar-refractivity contribution in [2.75, 3.05) is 33.7 Å². The maximum Gasteiger partial charge on any atom is 0.263 e. The third kappa shape index (κ3) is 3.99. The summed E-state index contributed by atoms with van der Waals surface area (Å²) in [4.78, 5) is 4.56. The summed E-state index contributed by atoms with van der Waals surface area (Å²) in [5.41, 5.74) is 6.88. The Labute approximate surface area is 125 Å². The SMILES string of the molecule is CN1CCCC(N(C)C(CN)c2cccc(C(F)F)c2)C1. The van der Waals surface area contributed by atoms with E-state index in [1.54, 1.807) is 12.1 Å². The Morgan fingerprint density at radius 2 is 2.10 bits per heavy atom. The van der Waals surface area contributed by atoms with Crippen LogP contribution in [0.25, 0.3) is 0 Å². The summed E-state index contributed by atoms with van der Waals surface area (Å²) in [7, 11) is 4.17. The van der Waals surface area contributed by atoms with E-state index in [4.69, 9.17) is 5.73 Å². The third-order valence-electron chi connectivity index (χ3n) is 4.44. The molecule has 118 valence electrons. The number of hydrogen-bond donors (Lipinski definition) is 1. The highest BCUT2D eigenvalue weighted by Crippen LogP contribution is 2.27. The second-order valence-electron chi connectivity index (χ2n) is 5.95. The zero-order chi connectivity index (χ0) is 15.4. The normalized spacial score (nSPS) is 22.0. The molecule has 1 aromatic rings. The van der Waals surface area contributed by atoms with Crippen molar-refractivity contribution in [1.82, 2.24) is 9.80 Å².